The summed E-state index contributed by atoms with van der Waals surface area (Å²) in [5.41, 5.74) is 1.80. The lowest BCUT2D eigenvalue weighted by atomic mass is 9.98. The maximum Gasteiger partial charge on any atom is 0.343 e. The third-order valence-electron chi connectivity index (χ3n) is 3.83. The van der Waals surface area contributed by atoms with Crippen LogP contribution in [0.3, 0.4) is 0 Å². The molecule has 3 heteroatoms. The maximum atomic E-state index is 12.2. The van der Waals surface area contributed by atoms with Gasteiger partial charge in [-0.15, -0.1) is 0 Å². The molecule has 0 amide bonds. The van der Waals surface area contributed by atoms with Crippen molar-refractivity contribution in [1.29, 1.82) is 0 Å². The first-order chi connectivity index (χ1) is 11.1. The lowest BCUT2D eigenvalue weighted by molar-refractivity contribution is 0.0734. The van der Waals surface area contributed by atoms with Crippen molar-refractivity contribution >= 4 is 5.97 Å². The van der Waals surface area contributed by atoms with E-state index in [9.17, 15) is 4.79 Å². The summed E-state index contributed by atoms with van der Waals surface area (Å²) in [4.78, 5) is 12.2. The van der Waals surface area contributed by atoms with Crippen LogP contribution in [-0.4, -0.2) is 12.6 Å². The van der Waals surface area contributed by atoms with E-state index in [0.717, 1.165) is 18.6 Å². The Hall–Kier alpha value is -2.29. The average Bonchev–Trinajstić information content (AvgIpc) is 2.60. The van der Waals surface area contributed by atoms with Crippen molar-refractivity contribution < 1.29 is 14.3 Å². The molecular weight excluding hydrogens is 288 g/mol. The Kier molecular flexibility index (Phi) is 6.21. The first kappa shape index (κ1) is 17.1. The fourth-order valence-corrected chi connectivity index (χ4v) is 2.17. The zero-order valence-electron chi connectivity index (χ0n) is 14.0. The van der Waals surface area contributed by atoms with E-state index in [1.54, 1.807) is 12.1 Å². The number of carbonyl (C=O) groups excluding carboxylic acids is 1. The summed E-state index contributed by atoms with van der Waals surface area (Å²) in [5, 5.41) is 0. The van der Waals surface area contributed by atoms with Crippen LogP contribution in [-0.2, 0) is 0 Å². The minimum Gasteiger partial charge on any atom is -0.494 e. The molecule has 0 saturated carbocycles. The molecule has 122 valence electrons. The average molecular weight is 312 g/mol. The smallest absolute Gasteiger partial charge is 0.343 e. The van der Waals surface area contributed by atoms with Gasteiger partial charge in [-0.1, -0.05) is 32.9 Å². The first-order valence-corrected chi connectivity index (χ1v) is 8.19. The van der Waals surface area contributed by atoms with Gasteiger partial charge in [0.1, 0.15) is 11.5 Å². The van der Waals surface area contributed by atoms with Crippen molar-refractivity contribution in [3.63, 3.8) is 0 Å². The number of esters is 1. The predicted molar refractivity (Wildman–Crippen MR) is 92.3 cm³/mol. The van der Waals surface area contributed by atoms with Crippen molar-refractivity contribution in [2.75, 3.05) is 6.61 Å². The third kappa shape index (κ3) is 4.85. The quantitative estimate of drug-likeness (QED) is 0.520. The second-order valence-electron chi connectivity index (χ2n) is 5.64. The van der Waals surface area contributed by atoms with Crippen molar-refractivity contribution in [1.82, 2.24) is 0 Å². The second kappa shape index (κ2) is 8.37. The summed E-state index contributed by atoms with van der Waals surface area (Å²) in [5.74, 6) is 1.45. The molecule has 0 aromatic heterocycles. The maximum absolute atomic E-state index is 12.2. The molecule has 0 fully saturated rings. The Bertz CT molecular complexity index is 614. The van der Waals surface area contributed by atoms with Gasteiger partial charge in [-0.25, -0.2) is 4.79 Å². The molecule has 23 heavy (non-hydrogen) atoms. The van der Waals surface area contributed by atoms with Gasteiger partial charge >= 0.3 is 5.97 Å². The zero-order chi connectivity index (χ0) is 16.7. The zero-order valence-corrected chi connectivity index (χ0v) is 14.0. The minimum atomic E-state index is -0.345. The summed E-state index contributed by atoms with van der Waals surface area (Å²) >= 11 is 0. The molecule has 0 heterocycles. The monoisotopic (exact) mass is 312 g/mol. The Balaban J connectivity index is 1.98. The van der Waals surface area contributed by atoms with Gasteiger partial charge in [0.05, 0.1) is 12.2 Å². The molecule has 2 aromatic carbocycles. The largest absolute Gasteiger partial charge is 0.494 e. The standard InChI is InChI=1S/C20H24O3/c1-4-14-22-18-10-12-19(13-11-18)23-20(21)17-8-6-16(7-9-17)15(3)5-2/h6-13,15H,4-5,14H2,1-3H3. The van der Waals surface area contributed by atoms with Gasteiger partial charge < -0.3 is 9.47 Å². The molecule has 2 rings (SSSR count). The lowest BCUT2D eigenvalue weighted by Gasteiger charge is -2.10. The van der Waals surface area contributed by atoms with Crippen LogP contribution in [0.25, 0.3) is 0 Å². The van der Waals surface area contributed by atoms with Crippen LogP contribution in [0.4, 0.5) is 0 Å². The van der Waals surface area contributed by atoms with E-state index in [1.807, 2.05) is 36.4 Å². The first-order valence-electron chi connectivity index (χ1n) is 8.19. The van der Waals surface area contributed by atoms with E-state index in [-0.39, 0.29) is 5.97 Å². The third-order valence-corrected chi connectivity index (χ3v) is 3.83. The molecule has 1 unspecified atom stereocenters. The molecule has 3 nitrogen and oxygen atoms in total. The SMILES string of the molecule is CCCOc1ccc(OC(=O)c2ccc(C(C)CC)cc2)cc1. The van der Waals surface area contributed by atoms with Gasteiger partial charge in [0.25, 0.3) is 0 Å². The topological polar surface area (TPSA) is 35.5 Å². The molecule has 0 bridgehead atoms. The van der Waals surface area contributed by atoms with Gasteiger partial charge in [0.15, 0.2) is 0 Å². The van der Waals surface area contributed by atoms with Crippen LogP contribution in [0.5, 0.6) is 11.5 Å². The Labute approximate surface area is 138 Å². The Morgan fingerprint density at radius 3 is 2.13 bits per heavy atom. The molecule has 0 radical (unpaired) electrons. The fourth-order valence-electron chi connectivity index (χ4n) is 2.17. The molecule has 2 aromatic rings. The number of benzene rings is 2. The molecule has 0 aliphatic heterocycles. The van der Waals surface area contributed by atoms with E-state index in [4.69, 9.17) is 9.47 Å². The summed E-state index contributed by atoms with van der Waals surface area (Å²) < 4.78 is 10.9. The fraction of sp³-hybridized carbons (Fsp3) is 0.350. The molecular formula is C20H24O3. The number of hydrogen-bond donors (Lipinski definition) is 0. The van der Waals surface area contributed by atoms with Crippen molar-refractivity contribution in [3.8, 4) is 11.5 Å². The molecule has 0 aliphatic rings. The van der Waals surface area contributed by atoms with Crippen LogP contribution in [0, 0.1) is 0 Å². The summed E-state index contributed by atoms with van der Waals surface area (Å²) in [6, 6.07) is 14.7. The van der Waals surface area contributed by atoms with E-state index in [1.165, 1.54) is 5.56 Å². The number of carbonyl (C=O) groups is 1. The number of ether oxygens (including phenoxy) is 2. The van der Waals surface area contributed by atoms with Crippen LogP contribution in [0.1, 0.15) is 55.5 Å². The number of hydrogen-bond acceptors (Lipinski definition) is 3. The summed E-state index contributed by atoms with van der Waals surface area (Å²) in [7, 11) is 0. The van der Waals surface area contributed by atoms with E-state index >= 15 is 0 Å². The van der Waals surface area contributed by atoms with Gasteiger partial charge in [0, 0.05) is 0 Å². The highest BCUT2D eigenvalue weighted by Crippen LogP contribution is 2.21. The molecule has 0 N–H and O–H groups in total. The number of rotatable bonds is 7. The highest BCUT2D eigenvalue weighted by atomic mass is 16.5. The van der Waals surface area contributed by atoms with Crippen LogP contribution < -0.4 is 9.47 Å². The summed E-state index contributed by atoms with van der Waals surface area (Å²) in [6.45, 7) is 7.07. The second-order valence-corrected chi connectivity index (χ2v) is 5.64. The highest BCUT2D eigenvalue weighted by Gasteiger charge is 2.10. The van der Waals surface area contributed by atoms with Crippen LogP contribution in [0.2, 0.25) is 0 Å². The summed E-state index contributed by atoms with van der Waals surface area (Å²) in [6.07, 6.45) is 2.04. The molecule has 0 spiro atoms. The molecule has 0 saturated heterocycles. The van der Waals surface area contributed by atoms with Gasteiger partial charge in [-0.2, -0.15) is 0 Å². The van der Waals surface area contributed by atoms with Gasteiger partial charge in [-0.3, -0.25) is 0 Å². The molecule has 0 aliphatic carbocycles. The highest BCUT2D eigenvalue weighted by molar-refractivity contribution is 5.91. The van der Waals surface area contributed by atoms with Crippen LogP contribution in [0.15, 0.2) is 48.5 Å². The van der Waals surface area contributed by atoms with E-state index in [2.05, 4.69) is 20.8 Å². The predicted octanol–water partition coefficient (Wildman–Crippen LogP) is 5.21. The van der Waals surface area contributed by atoms with Crippen molar-refractivity contribution in [3.05, 3.63) is 59.7 Å². The lowest BCUT2D eigenvalue weighted by Crippen LogP contribution is -2.08. The normalized spacial score (nSPS) is 11.8. The van der Waals surface area contributed by atoms with E-state index < -0.39 is 0 Å². The molecule has 1 atom stereocenters. The Morgan fingerprint density at radius 1 is 0.957 bits per heavy atom. The minimum absolute atomic E-state index is 0.345. The van der Waals surface area contributed by atoms with Crippen LogP contribution >= 0.6 is 0 Å². The van der Waals surface area contributed by atoms with Gasteiger partial charge in [-0.05, 0) is 60.7 Å². The van der Waals surface area contributed by atoms with Gasteiger partial charge in [0.2, 0.25) is 0 Å². The van der Waals surface area contributed by atoms with E-state index in [0.29, 0.717) is 23.8 Å². The van der Waals surface area contributed by atoms with Crippen molar-refractivity contribution in [2.24, 2.45) is 0 Å². The Morgan fingerprint density at radius 2 is 1.57 bits per heavy atom. The van der Waals surface area contributed by atoms with Crippen molar-refractivity contribution in [2.45, 2.75) is 39.5 Å².